The molecular weight excluding hydrogens is 468 g/mol. The van der Waals surface area contributed by atoms with E-state index in [4.69, 9.17) is 4.74 Å². The van der Waals surface area contributed by atoms with Crippen LogP contribution in [0.15, 0.2) is 18.2 Å². The first-order valence-electron chi connectivity index (χ1n) is 12.7. The zero-order chi connectivity index (χ0) is 25.2. The number of carbonyl (C=O) groups excluding carboxylic acids is 2. The molecular formula is C25H38N4O5S. The van der Waals surface area contributed by atoms with E-state index in [2.05, 4.69) is 12.2 Å². The minimum absolute atomic E-state index is 0.106. The zero-order valence-electron chi connectivity index (χ0n) is 21.0. The van der Waals surface area contributed by atoms with Crippen LogP contribution in [-0.4, -0.2) is 79.6 Å². The van der Waals surface area contributed by atoms with E-state index in [1.165, 1.54) is 8.61 Å². The number of benzene rings is 1. The van der Waals surface area contributed by atoms with E-state index in [1.54, 1.807) is 12.0 Å². The Labute approximate surface area is 209 Å². The fraction of sp³-hybridized carbons (Fsp3) is 0.680. The second kappa shape index (κ2) is 10.8. The average Bonchev–Trinajstić information content (AvgIpc) is 3.32. The fourth-order valence-corrected chi connectivity index (χ4v) is 7.17. The number of aryl methyl sites for hydroxylation is 1. The molecule has 0 spiro atoms. The van der Waals surface area contributed by atoms with E-state index in [-0.39, 0.29) is 18.4 Å². The molecule has 0 aliphatic carbocycles. The summed E-state index contributed by atoms with van der Waals surface area (Å²) in [6.45, 7) is 6.67. The van der Waals surface area contributed by atoms with Crippen molar-refractivity contribution in [2.24, 2.45) is 11.8 Å². The minimum atomic E-state index is -3.53. The molecule has 2 amide bonds. The highest BCUT2D eigenvalue weighted by molar-refractivity contribution is 7.86. The monoisotopic (exact) mass is 506 g/mol. The number of hydrogen-bond acceptors (Lipinski definition) is 5. The van der Waals surface area contributed by atoms with Crippen molar-refractivity contribution in [3.63, 3.8) is 0 Å². The first kappa shape index (κ1) is 25.9. The number of piperidine rings is 1. The van der Waals surface area contributed by atoms with Crippen LogP contribution in [0.25, 0.3) is 0 Å². The summed E-state index contributed by atoms with van der Waals surface area (Å²) in [5.74, 6) is 0.458. The van der Waals surface area contributed by atoms with Gasteiger partial charge < -0.3 is 15.0 Å². The van der Waals surface area contributed by atoms with Gasteiger partial charge in [0.15, 0.2) is 0 Å². The van der Waals surface area contributed by atoms with Crippen LogP contribution in [0, 0.1) is 18.8 Å². The number of rotatable bonds is 8. The predicted octanol–water partition coefficient (Wildman–Crippen LogP) is 1.91. The van der Waals surface area contributed by atoms with Gasteiger partial charge in [0.25, 0.3) is 10.2 Å². The summed E-state index contributed by atoms with van der Waals surface area (Å²) < 4.78 is 34.5. The molecule has 0 bridgehead atoms. The van der Waals surface area contributed by atoms with E-state index in [0.717, 1.165) is 29.7 Å². The third-order valence-corrected chi connectivity index (χ3v) is 9.56. The zero-order valence-corrected chi connectivity index (χ0v) is 21.8. The number of amides is 2. The van der Waals surface area contributed by atoms with E-state index in [0.29, 0.717) is 57.9 Å². The van der Waals surface area contributed by atoms with Crippen molar-refractivity contribution in [3.05, 3.63) is 29.3 Å². The molecule has 1 N–H and O–H groups in total. The summed E-state index contributed by atoms with van der Waals surface area (Å²) in [5, 5.41) is 2.97. The lowest BCUT2D eigenvalue weighted by atomic mass is 9.97. The molecule has 194 valence electrons. The average molecular weight is 507 g/mol. The molecule has 35 heavy (non-hydrogen) atoms. The summed E-state index contributed by atoms with van der Waals surface area (Å²) in [7, 11) is -1.93. The Balaban J connectivity index is 1.36. The molecule has 3 aliphatic rings. The molecule has 9 nitrogen and oxygen atoms in total. The second-order valence-corrected chi connectivity index (χ2v) is 11.9. The predicted molar refractivity (Wildman–Crippen MR) is 133 cm³/mol. The van der Waals surface area contributed by atoms with Crippen LogP contribution in [0.1, 0.15) is 50.2 Å². The van der Waals surface area contributed by atoms with Gasteiger partial charge in [-0.25, -0.2) is 0 Å². The normalized spacial score (nSPS) is 24.3. The quantitative estimate of drug-likeness (QED) is 0.581. The number of likely N-dealkylation sites (tertiary alicyclic amines) is 1. The molecule has 3 saturated heterocycles. The van der Waals surface area contributed by atoms with Gasteiger partial charge in [-0.2, -0.15) is 17.0 Å². The number of methoxy groups -OCH3 is 1. The molecule has 0 radical (unpaired) electrons. The standard InChI is InChI=1S/C25H38N4O5S/c1-4-19-15-28(16-19)35(32,33)27-11-5-7-21(17-27)25(31)29-12-6-8-22(29)24(30)26-14-20-10-9-18(2)13-23(20)34-3/h9-10,13,19,21-22H,4-8,11-12,14-17H2,1-3H3,(H,26,30)/t21-,22+/m0/s1. The van der Waals surface area contributed by atoms with E-state index < -0.39 is 22.2 Å². The highest BCUT2D eigenvalue weighted by Crippen LogP contribution is 2.30. The molecule has 3 aliphatic heterocycles. The molecule has 2 atom stereocenters. The SMILES string of the molecule is CCC1CN(S(=O)(=O)N2CCC[C@H](C(=O)N3CCC[C@@H]3C(=O)NCc3ccc(C)cc3OC)C2)C1. The maximum Gasteiger partial charge on any atom is 0.282 e. The largest absolute Gasteiger partial charge is 0.496 e. The number of ether oxygens (including phenoxy) is 1. The van der Waals surface area contributed by atoms with Gasteiger partial charge >= 0.3 is 0 Å². The Morgan fingerprint density at radius 2 is 1.83 bits per heavy atom. The fourth-order valence-electron chi connectivity index (χ4n) is 5.32. The summed E-state index contributed by atoms with van der Waals surface area (Å²) >= 11 is 0. The van der Waals surface area contributed by atoms with Gasteiger partial charge in [0.2, 0.25) is 11.8 Å². The van der Waals surface area contributed by atoms with Crippen LogP contribution in [0.2, 0.25) is 0 Å². The summed E-state index contributed by atoms with van der Waals surface area (Å²) in [6.07, 6.45) is 3.65. The number of nitrogens with one attached hydrogen (secondary N) is 1. The van der Waals surface area contributed by atoms with Crippen LogP contribution < -0.4 is 10.1 Å². The van der Waals surface area contributed by atoms with Crippen molar-refractivity contribution in [2.75, 3.05) is 39.8 Å². The first-order chi connectivity index (χ1) is 16.7. The van der Waals surface area contributed by atoms with Crippen molar-refractivity contribution in [3.8, 4) is 5.75 Å². The molecule has 0 unspecified atom stereocenters. The lowest BCUT2D eigenvalue weighted by Gasteiger charge is -2.42. The highest BCUT2D eigenvalue weighted by atomic mass is 32.2. The van der Waals surface area contributed by atoms with Crippen LogP contribution >= 0.6 is 0 Å². The Bertz CT molecular complexity index is 1040. The van der Waals surface area contributed by atoms with Crippen molar-refractivity contribution in [1.82, 2.24) is 18.8 Å². The van der Waals surface area contributed by atoms with E-state index in [9.17, 15) is 18.0 Å². The molecule has 3 fully saturated rings. The van der Waals surface area contributed by atoms with Crippen molar-refractivity contribution < 1.29 is 22.7 Å². The van der Waals surface area contributed by atoms with Gasteiger partial charge in [-0.05, 0) is 50.2 Å². The summed E-state index contributed by atoms with van der Waals surface area (Å²) in [6, 6.07) is 5.31. The molecule has 4 rings (SSSR count). The molecule has 3 heterocycles. The highest BCUT2D eigenvalue weighted by Gasteiger charge is 2.43. The van der Waals surface area contributed by atoms with Crippen molar-refractivity contribution >= 4 is 22.0 Å². The lowest BCUT2D eigenvalue weighted by Crippen LogP contribution is -2.57. The third kappa shape index (κ3) is 5.49. The van der Waals surface area contributed by atoms with Crippen LogP contribution in [0.5, 0.6) is 5.75 Å². The van der Waals surface area contributed by atoms with Crippen molar-refractivity contribution in [1.29, 1.82) is 0 Å². The Morgan fingerprint density at radius 1 is 1.09 bits per heavy atom. The van der Waals surface area contributed by atoms with Gasteiger partial charge in [0.1, 0.15) is 11.8 Å². The topological polar surface area (TPSA) is 99.3 Å². The lowest BCUT2D eigenvalue weighted by molar-refractivity contribution is -0.142. The molecule has 0 aromatic heterocycles. The van der Waals surface area contributed by atoms with Gasteiger partial charge in [0, 0.05) is 44.8 Å². The van der Waals surface area contributed by atoms with Gasteiger partial charge in [-0.3, -0.25) is 9.59 Å². The maximum atomic E-state index is 13.4. The van der Waals surface area contributed by atoms with Gasteiger partial charge in [-0.15, -0.1) is 0 Å². The minimum Gasteiger partial charge on any atom is -0.496 e. The second-order valence-electron chi connectivity index (χ2n) is 10.0. The van der Waals surface area contributed by atoms with E-state index >= 15 is 0 Å². The van der Waals surface area contributed by atoms with Gasteiger partial charge in [0.05, 0.1) is 13.0 Å². The van der Waals surface area contributed by atoms with Crippen molar-refractivity contribution in [2.45, 2.75) is 58.5 Å². The number of carbonyl (C=O) groups is 2. The summed E-state index contributed by atoms with van der Waals surface area (Å²) in [4.78, 5) is 28.2. The molecule has 10 heteroatoms. The van der Waals surface area contributed by atoms with Crippen LogP contribution in [0.3, 0.4) is 0 Å². The number of hydrogen-bond donors (Lipinski definition) is 1. The Morgan fingerprint density at radius 3 is 2.54 bits per heavy atom. The third-order valence-electron chi connectivity index (χ3n) is 7.62. The summed E-state index contributed by atoms with van der Waals surface area (Å²) in [5.41, 5.74) is 1.96. The van der Waals surface area contributed by atoms with Crippen LogP contribution in [-0.2, 0) is 26.3 Å². The van der Waals surface area contributed by atoms with E-state index in [1.807, 2.05) is 25.1 Å². The Kier molecular flexibility index (Phi) is 8.02. The van der Waals surface area contributed by atoms with Crippen LogP contribution in [0.4, 0.5) is 0 Å². The Hall–Kier alpha value is -2.17. The first-order valence-corrected chi connectivity index (χ1v) is 14.1. The molecule has 1 aromatic rings. The molecule has 0 saturated carbocycles. The smallest absolute Gasteiger partial charge is 0.282 e. The van der Waals surface area contributed by atoms with Gasteiger partial charge in [-0.1, -0.05) is 25.5 Å². The maximum absolute atomic E-state index is 13.4. The number of nitrogens with zero attached hydrogens (tertiary/aromatic N) is 3. The molecule has 1 aromatic carbocycles.